The Morgan fingerprint density at radius 1 is 1.36 bits per heavy atom. The molecule has 0 bridgehead atoms. The first-order chi connectivity index (χ1) is 12.2. The van der Waals surface area contributed by atoms with Crippen molar-refractivity contribution in [2.45, 2.75) is 32.9 Å². The lowest BCUT2D eigenvalue weighted by Gasteiger charge is -2.26. The molecular formula is C18H26N6O. The van der Waals surface area contributed by atoms with Crippen molar-refractivity contribution in [1.82, 2.24) is 29.7 Å². The van der Waals surface area contributed by atoms with Crippen LogP contribution in [-0.4, -0.2) is 62.6 Å². The van der Waals surface area contributed by atoms with Gasteiger partial charge in [0.1, 0.15) is 12.1 Å². The molecule has 0 spiro atoms. The van der Waals surface area contributed by atoms with E-state index in [4.69, 9.17) is 0 Å². The van der Waals surface area contributed by atoms with E-state index in [1.807, 2.05) is 27.8 Å². The van der Waals surface area contributed by atoms with Crippen molar-refractivity contribution in [2.24, 2.45) is 0 Å². The van der Waals surface area contributed by atoms with Crippen molar-refractivity contribution < 1.29 is 4.79 Å². The third kappa shape index (κ3) is 3.99. The Balaban J connectivity index is 1.59. The number of likely N-dealkylation sites (N-methyl/N-ethyl adjacent to an activating group) is 1. The molecule has 1 saturated heterocycles. The zero-order chi connectivity index (χ0) is 17.6. The number of carbonyl (C=O) groups excluding carboxylic acids is 1. The number of carbonyl (C=O) groups is 1. The van der Waals surface area contributed by atoms with Gasteiger partial charge in [0.05, 0.1) is 0 Å². The van der Waals surface area contributed by atoms with Gasteiger partial charge in [-0.3, -0.25) is 9.47 Å². The van der Waals surface area contributed by atoms with Crippen molar-refractivity contribution in [3.8, 4) is 5.82 Å². The number of hydrogen-bond donors (Lipinski definition) is 1. The molecule has 1 fully saturated rings. The summed E-state index contributed by atoms with van der Waals surface area (Å²) in [6.07, 6.45) is 8.07. The molecule has 2 amide bonds. The number of likely N-dealkylation sites (tertiary alicyclic amines) is 1. The van der Waals surface area contributed by atoms with Gasteiger partial charge < -0.3 is 10.2 Å². The van der Waals surface area contributed by atoms with Gasteiger partial charge in [-0.2, -0.15) is 0 Å². The van der Waals surface area contributed by atoms with Gasteiger partial charge in [-0.05, 0) is 25.6 Å². The molecule has 25 heavy (non-hydrogen) atoms. The van der Waals surface area contributed by atoms with Gasteiger partial charge in [0.25, 0.3) is 0 Å². The fraction of sp³-hybridized carbons (Fsp3) is 0.500. The van der Waals surface area contributed by atoms with Crippen LogP contribution in [0.4, 0.5) is 4.79 Å². The van der Waals surface area contributed by atoms with Crippen molar-refractivity contribution in [3.63, 3.8) is 0 Å². The minimum atomic E-state index is -0.00455. The van der Waals surface area contributed by atoms with Crippen LogP contribution >= 0.6 is 0 Å². The van der Waals surface area contributed by atoms with E-state index in [2.05, 4.69) is 34.0 Å². The van der Waals surface area contributed by atoms with E-state index in [0.29, 0.717) is 12.6 Å². The molecule has 0 radical (unpaired) electrons. The molecule has 1 N–H and O–H groups in total. The Hall–Kier alpha value is -2.41. The first kappa shape index (κ1) is 17.4. The fourth-order valence-electron chi connectivity index (χ4n) is 3.43. The zero-order valence-corrected chi connectivity index (χ0v) is 14.9. The highest BCUT2D eigenvalue weighted by Gasteiger charge is 2.29. The van der Waals surface area contributed by atoms with Crippen molar-refractivity contribution in [2.75, 3.05) is 26.2 Å². The number of rotatable bonds is 6. The largest absolute Gasteiger partial charge is 0.334 e. The van der Waals surface area contributed by atoms with Crippen LogP contribution in [0.5, 0.6) is 0 Å². The van der Waals surface area contributed by atoms with E-state index in [1.165, 1.54) is 0 Å². The number of hydrogen-bond acceptors (Lipinski definition) is 4. The predicted octanol–water partition coefficient (Wildman–Crippen LogP) is 1.89. The second kappa shape index (κ2) is 8.11. The minimum Gasteiger partial charge on any atom is -0.334 e. The molecule has 7 heteroatoms. The number of urea groups is 1. The zero-order valence-electron chi connectivity index (χ0n) is 14.9. The van der Waals surface area contributed by atoms with E-state index in [0.717, 1.165) is 44.0 Å². The average Bonchev–Trinajstić information content (AvgIpc) is 3.33. The maximum absolute atomic E-state index is 12.5. The molecule has 3 rings (SSSR count). The SMILES string of the molecule is CCN(CC)[C@H]1CCN(C(=O)NCc2cccnc2-n2ccnc2)C1. The highest BCUT2D eigenvalue weighted by atomic mass is 16.2. The van der Waals surface area contributed by atoms with Crippen LogP contribution in [0, 0.1) is 0 Å². The standard InChI is InChI=1S/C18H26N6O/c1-3-22(4-2)16-7-10-23(13-16)18(25)21-12-15-6-5-8-20-17(15)24-11-9-19-14-24/h5-6,8-9,11,14,16H,3-4,7,10,12-13H2,1-2H3,(H,21,25)/t16-/m0/s1. The summed E-state index contributed by atoms with van der Waals surface area (Å²) in [5, 5.41) is 3.03. The Morgan fingerprint density at radius 2 is 2.20 bits per heavy atom. The summed E-state index contributed by atoms with van der Waals surface area (Å²) >= 11 is 0. The third-order valence-electron chi connectivity index (χ3n) is 4.83. The molecule has 0 unspecified atom stereocenters. The maximum Gasteiger partial charge on any atom is 0.317 e. The third-order valence-corrected chi connectivity index (χ3v) is 4.83. The van der Waals surface area contributed by atoms with Crippen molar-refractivity contribution in [3.05, 3.63) is 42.6 Å². The molecule has 0 aliphatic carbocycles. The second-order valence-electron chi connectivity index (χ2n) is 6.22. The number of nitrogens with one attached hydrogen (secondary N) is 1. The fourth-order valence-corrected chi connectivity index (χ4v) is 3.43. The summed E-state index contributed by atoms with van der Waals surface area (Å²) in [6.45, 7) is 8.47. The van der Waals surface area contributed by atoms with Crippen LogP contribution in [0.2, 0.25) is 0 Å². The van der Waals surface area contributed by atoms with Gasteiger partial charge >= 0.3 is 6.03 Å². The molecule has 1 aliphatic rings. The topological polar surface area (TPSA) is 66.3 Å². The summed E-state index contributed by atoms with van der Waals surface area (Å²) in [4.78, 5) is 25.3. The Kier molecular flexibility index (Phi) is 5.65. The average molecular weight is 342 g/mol. The molecule has 3 heterocycles. The van der Waals surface area contributed by atoms with Crippen LogP contribution in [-0.2, 0) is 6.54 Å². The minimum absolute atomic E-state index is 0.00455. The van der Waals surface area contributed by atoms with E-state index < -0.39 is 0 Å². The van der Waals surface area contributed by atoms with Crippen LogP contribution in [0.15, 0.2) is 37.1 Å². The van der Waals surface area contributed by atoms with Crippen LogP contribution in [0.25, 0.3) is 5.82 Å². The molecule has 2 aromatic rings. The second-order valence-corrected chi connectivity index (χ2v) is 6.22. The normalized spacial score (nSPS) is 17.2. The Labute approximate surface area is 148 Å². The Bertz CT molecular complexity index is 683. The summed E-state index contributed by atoms with van der Waals surface area (Å²) in [6, 6.07) is 4.33. The Morgan fingerprint density at radius 3 is 2.92 bits per heavy atom. The van der Waals surface area contributed by atoms with Gasteiger partial charge in [0.15, 0.2) is 0 Å². The van der Waals surface area contributed by atoms with Crippen LogP contribution < -0.4 is 5.32 Å². The number of imidazole rings is 1. The van der Waals surface area contributed by atoms with Gasteiger partial charge in [0, 0.05) is 49.8 Å². The lowest BCUT2D eigenvalue weighted by Crippen LogP contribution is -2.42. The van der Waals surface area contributed by atoms with Gasteiger partial charge in [0.2, 0.25) is 0 Å². The van der Waals surface area contributed by atoms with E-state index in [-0.39, 0.29) is 6.03 Å². The maximum atomic E-state index is 12.5. The number of nitrogens with zero attached hydrogens (tertiary/aromatic N) is 5. The van der Waals surface area contributed by atoms with Gasteiger partial charge in [-0.15, -0.1) is 0 Å². The lowest BCUT2D eigenvalue weighted by atomic mass is 10.2. The highest BCUT2D eigenvalue weighted by molar-refractivity contribution is 5.74. The summed E-state index contributed by atoms with van der Waals surface area (Å²) in [5.41, 5.74) is 0.966. The summed E-state index contributed by atoms with van der Waals surface area (Å²) in [5.74, 6) is 0.794. The number of amides is 2. The van der Waals surface area contributed by atoms with Crippen LogP contribution in [0.1, 0.15) is 25.8 Å². The van der Waals surface area contributed by atoms with E-state index in [9.17, 15) is 4.79 Å². The molecule has 7 nitrogen and oxygen atoms in total. The first-order valence-corrected chi connectivity index (χ1v) is 8.92. The van der Waals surface area contributed by atoms with E-state index >= 15 is 0 Å². The van der Waals surface area contributed by atoms with E-state index in [1.54, 1.807) is 18.7 Å². The predicted molar refractivity (Wildman–Crippen MR) is 96.5 cm³/mol. The smallest absolute Gasteiger partial charge is 0.317 e. The van der Waals surface area contributed by atoms with Gasteiger partial charge in [-0.1, -0.05) is 19.9 Å². The summed E-state index contributed by atoms with van der Waals surface area (Å²) < 4.78 is 1.85. The highest BCUT2D eigenvalue weighted by Crippen LogP contribution is 2.16. The molecule has 2 aromatic heterocycles. The molecular weight excluding hydrogens is 316 g/mol. The molecule has 1 aliphatic heterocycles. The van der Waals surface area contributed by atoms with Gasteiger partial charge in [-0.25, -0.2) is 14.8 Å². The van der Waals surface area contributed by atoms with Crippen molar-refractivity contribution in [1.29, 1.82) is 0 Å². The lowest BCUT2D eigenvalue weighted by molar-refractivity contribution is 0.192. The summed E-state index contributed by atoms with van der Waals surface area (Å²) in [7, 11) is 0. The molecule has 0 aromatic carbocycles. The van der Waals surface area contributed by atoms with Crippen LogP contribution in [0.3, 0.4) is 0 Å². The quantitative estimate of drug-likeness (QED) is 0.871. The monoisotopic (exact) mass is 342 g/mol. The van der Waals surface area contributed by atoms with Crippen molar-refractivity contribution >= 4 is 6.03 Å². The molecule has 134 valence electrons. The first-order valence-electron chi connectivity index (χ1n) is 8.92. The molecule has 0 saturated carbocycles. The number of pyridine rings is 1. The number of aromatic nitrogens is 3. The molecule has 1 atom stereocenters.